The first kappa shape index (κ1) is 11.9. The van der Waals surface area contributed by atoms with Gasteiger partial charge in [0.05, 0.1) is 12.4 Å². The standard InChI is InChI=1S/C12H15ClN4O/c13-11-7-14-6-10(15-11)12(18)17-5-4-16-3-1-2-9(16)8-17/h6-7,9H,1-5,8H2. The summed E-state index contributed by atoms with van der Waals surface area (Å²) in [5.41, 5.74) is 0.342. The van der Waals surface area contributed by atoms with Crippen molar-refractivity contribution in [2.24, 2.45) is 0 Å². The SMILES string of the molecule is O=C(c1cncc(Cl)n1)N1CCN2CCCC2C1. The third-order valence-electron chi connectivity index (χ3n) is 3.70. The Bertz CT molecular complexity index is 467. The van der Waals surface area contributed by atoms with Gasteiger partial charge in [0.25, 0.3) is 5.91 Å². The summed E-state index contributed by atoms with van der Waals surface area (Å²) < 4.78 is 0. The third-order valence-corrected chi connectivity index (χ3v) is 3.88. The van der Waals surface area contributed by atoms with Gasteiger partial charge in [-0.05, 0) is 19.4 Å². The number of piperazine rings is 1. The number of amides is 1. The van der Waals surface area contributed by atoms with Crippen molar-refractivity contribution in [3.63, 3.8) is 0 Å². The van der Waals surface area contributed by atoms with E-state index in [0.29, 0.717) is 11.7 Å². The Balaban J connectivity index is 1.73. The normalized spacial score (nSPS) is 24.1. The first-order valence-electron chi connectivity index (χ1n) is 6.25. The van der Waals surface area contributed by atoms with Crippen molar-refractivity contribution < 1.29 is 4.79 Å². The van der Waals surface area contributed by atoms with E-state index in [2.05, 4.69) is 14.9 Å². The van der Waals surface area contributed by atoms with Crippen LogP contribution in [-0.2, 0) is 0 Å². The van der Waals surface area contributed by atoms with Crippen LogP contribution in [-0.4, -0.2) is 57.9 Å². The monoisotopic (exact) mass is 266 g/mol. The highest BCUT2D eigenvalue weighted by molar-refractivity contribution is 6.29. The second-order valence-corrected chi connectivity index (χ2v) is 5.20. The second kappa shape index (κ2) is 4.82. The number of hydrogen-bond acceptors (Lipinski definition) is 4. The fourth-order valence-electron chi connectivity index (χ4n) is 2.78. The van der Waals surface area contributed by atoms with Gasteiger partial charge in [0, 0.05) is 25.7 Å². The van der Waals surface area contributed by atoms with Crippen molar-refractivity contribution in [1.82, 2.24) is 19.8 Å². The summed E-state index contributed by atoms with van der Waals surface area (Å²) in [6.45, 7) is 3.70. The Kier molecular flexibility index (Phi) is 3.18. The van der Waals surface area contributed by atoms with Crippen LogP contribution < -0.4 is 0 Å². The lowest BCUT2D eigenvalue weighted by molar-refractivity contribution is 0.0565. The lowest BCUT2D eigenvalue weighted by Crippen LogP contribution is -2.52. The minimum atomic E-state index is -0.0587. The zero-order valence-corrected chi connectivity index (χ0v) is 10.8. The van der Waals surface area contributed by atoms with Gasteiger partial charge in [-0.15, -0.1) is 0 Å². The molecule has 0 aromatic carbocycles. The Morgan fingerprint density at radius 1 is 1.33 bits per heavy atom. The van der Waals surface area contributed by atoms with Crippen molar-refractivity contribution in [3.8, 4) is 0 Å². The van der Waals surface area contributed by atoms with Crippen LogP contribution in [0.2, 0.25) is 5.15 Å². The lowest BCUT2D eigenvalue weighted by atomic mass is 10.1. The first-order valence-corrected chi connectivity index (χ1v) is 6.63. The summed E-state index contributed by atoms with van der Waals surface area (Å²) in [7, 11) is 0. The molecule has 1 unspecified atom stereocenters. The van der Waals surface area contributed by atoms with Crippen LogP contribution in [0.15, 0.2) is 12.4 Å². The maximum Gasteiger partial charge on any atom is 0.274 e. The third kappa shape index (κ3) is 2.20. The van der Waals surface area contributed by atoms with Crippen LogP contribution in [0.25, 0.3) is 0 Å². The van der Waals surface area contributed by atoms with Crippen molar-refractivity contribution in [3.05, 3.63) is 23.2 Å². The molecule has 18 heavy (non-hydrogen) atoms. The molecule has 0 bridgehead atoms. The van der Waals surface area contributed by atoms with Crippen LogP contribution in [0.3, 0.4) is 0 Å². The molecule has 0 aliphatic carbocycles. The number of halogens is 1. The Morgan fingerprint density at radius 3 is 3.06 bits per heavy atom. The van der Waals surface area contributed by atoms with E-state index in [1.807, 2.05) is 4.90 Å². The highest BCUT2D eigenvalue weighted by Gasteiger charge is 2.33. The average Bonchev–Trinajstić information content (AvgIpc) is 2.85. The van der Waals surface area contributed by atoms with Crippen molar-refractivity contribution in [2.45, 2.75) is 18.9 Å². The maximum absolute atomic E-state index is 12.3. The van der Waals surface area contributed by atoms with E-state index in [-0.39, 0.29) is 11.1 Å². The van der Waals surface area contributed by atoms with Crippen LogP contribution >= 0.6 is 11.6 Å². The number of fused-ring (bicyclic) bond motifs is 1. The number of carbonyl (C=O) groups excluding carboxylic acids is 1. The fourth-order valence-corrected chi connectivity index (χ4v) is 2.93. The van der Waals surface area contributed by atoms with E-state index in [0.717, 1.165) is 19.6 Å². The molecule has 2 aliphatic heterocycles. The number of carbonyl (C=O) groups is 1. The molecule has 96 valence electrons. The average molecular weight is 267 g/mol. The number of nitrogens with zero attached hydrogens (tertiary/aromatic N) is 4. The molecule has 3 rings (SSSR count). The smallest absolute Gasteiger partial charge is 0.274 e. The fraction of sp³-hybridized carbons (Fsp3) is 0.583. The van der Waals surface area contributed by atoms with Gasteiger partial charge in [0.2, 0.25) is 0 Å². The Morgan fingerprint density at radius 2 is 2.22 bits per heavy atom. The van der Waals surface area contributed by atoms with Gasteiger partial charge in [0.15, 0.2) is 0 Å². The molecule has 2 saturated heterocycles. The first-order chi connectivity index (χ1) is 8.74. The van der Waals surface area contributed by atoms with E-state index in [1.165, 1.54) is 31.8 Å². The predicted octanol–water partition coefficient (Wildman–Crippen LogP) is 1.05. The number of hydrogen-bond donors (Lipinski definition) is 0. The van der Waals surface area contributed by atoms with Crippen LogP contribution in [0, 0.1) is 0 Å². The maximum atomic E-state index is 12.3. The van der Waals surface area contributed by atoms with Crippen molar-refractivity contribution in [2.75, 3.05) is 26.2 Å². The van der Waals surface area contributed by atoms with Crippen molar-refractivity contribution >= 4 is 17.5 Å². The molecule has 1 amide bonds. The molecular formula is C12H15ClN4O. The second-order valence-electron chi connectivity index (χ2n) is 4.81. The lowest BCUT2D eigenvalue weighted by Gasteiger charge is -2.37. The Hall–Kier alpha value is -1.20. The zero-order valence-electron chi connectivity index (χ0n) is 10.0. The number of aromatic nitrogens is 2. The summed E-state index contributed by atoms with van der Waals surface area (Å²) in [4.78, 5) is 24.6. The Labute approximate surface area is 111 Å². The van der Waals surface area contributed by atoms with E-state index >= 15 is 0 Å². The van der Waals surface area contributed by atoms with Gasteiger partial charge < -0.3 is 4.90 Å². The molecule has 1 aromatic rings. The van der Waals surface area contributed by atoms with Gasteiger partial charge in [0.1, 0.15) is 10.8 Å². The molecular weight excluding hydrogens is 252 g/mol. The highest BCUT2D eigenvalue weighted by Crippen LogP contribution is 2.22. The molecule has 0 radical (unpaired) electrons. The molecule has 0 N–H and O–H groups in total. The van der Waals surface area contributed by atoms with Gasteiger partial charge >= 0.3 is 0 Å². The minimum Gasteiger partial charge on any atom is -0.334 e. The van der Waals surface area contributed by atoms with Crippen LogP contribution in [0.4, 0.5) is 0 Å². The molecule has 0 spiro atoms. The molecule has 5 nitrogen and oxygen atoms in total. The van der Waals surface area contributed by atoms with Gasteiger partial charge in [-0.25, -0.2) is 4.98 Å². The topological polar surface area (TPSA) is 49.3 Å². The van der Waals surface area contributed by atoms with E-state index in [1.54, 1.807) is 0 Å². The summed E-state index contributed by atoms with van der Waals surface area (Å²) in [5.74, 6) is -0.0587. The summed E-state index contributed by atoms with van der Waals surface area (Å²) in [6.07, 6.45) is 5.34. The molecule has 1 aromatic heterocycles. The van der Waals surface area contributed by atoms with Gasteiger partial charge in [-0.1, -0.05) is 11.6 Å². The summed E-state index contributed by atoms with van der Waals surface area (Å²) in [6, 6.07) is 0.523. The van der Waals surface area contributed by atoms with E-state index in [9.17, 15) is 4.79 Å². The summed E-state index contributed by atoms with van der Waals surface area (Å²) >= 11 is 5.76. The minimum absolute atomic E-state index is 0.0587. The highest BCUT2D eigenvalue weighted by atomic mass is 35.5. The van der Waals surface area contributed by atoms with Gasteiger partial charge in [-0.2, -0.15) is 0 Å². The predicted molar refractivity (Wildman–Crippen MR) is 67.5 cm³/mol. The molecule has 6 heteroatoms. The number of rotatable bonds is 1. The van der Waals surface area contributed by atoms with E-state index in [4.69, 9.17) is 11.6 Å². The van der Waals surface area contributed by atoms with Gasteiger partial charge in [-0.3, -0.25) is 14.7 Å². The molecule has 0 saturated carbocycles. The quantitative estimate of drug-likeness (QED) is 0.762. The van der Waals surface area contributed by atoms with E-state index < -0.39 is 0 Å². The molecule has 3 heterocycles. The zero-order chi connectivity index (χ0) is 12.5. The molecule has 2 fully saturated rings. The van der Waals surface area contributed by atoms with Crippen LogP contribution in [0.1, 0.15) is 23.3 Å². The largest absolute Gasteiger partial charge is 0.334 e. The van der Waals surface area contributed by atoms with Crippen molar-refractivity contribution in [1.29, 1.82) is 0 Å². The molecule has 1 atom stereocenters. The molecule has 2 aliphatic rings. The van der Waals surface area contributed by atoms with Crippen LogP contribution in [0.5, 0.6) is 0 Å². The summed E-state index contributed by atoms with van der Waals surface area (Å²) in [5, 5.41) is 0.264.